The number of rotatable bonds is 10. The molecule has 21 heavy (non-hydrogen) atoms. The molecule has 1 unspecified atom stereocenters. The van der Waals surface area contributed by atoms with Gasteiger partial charge >= 0.3 is 0 Å². The Kier molecular flexibility index (Phi) is 7.17. The van der Waals surface area contributed by atoms with Crippen LogP contribution in [0.5, 0.6) is 0 Å². The number of benzene rings is 1. The molecular weight excluding hydrogens is 330 g/mol. The number of nitrogens with one attached hydrogen (secondary N) is 1. The number of hydrogen-bond donors (Lipinski definition) is 1. The summed E-state index contributed by atoms with van der Waals surface area (Å²) in [6.45, 7) is 7.25. The predicted octanol–water partition coefficient (Wildman–Crippen LogP) is 3.93. The molecule has 0 radical (unpaired) electrons. The van der Waals surface area contributed by atoms with Gasteiger partial charge in [0.25, 0.3) is 0 Å². The number of ether oxygens (including phenoxy) is 2. The van der Waals surface area contributed by atoms with Gasteiger partial charge in [0.2, 0.25) is 0 Å². The van der Waals surface area contributed by atoms with Crippen molar-refractivity contribution in [1.82, 2.24) is 5.32 Å². The highest BCUT2D eigenvalue weighted by Crippen LogP contribution is 2.27. The monoisotopic (exact) mass is 355 g/mol. The molecule has 0 amide bonds. The van der Waals surface area contributed by atoms with Gasteiger partial charge in [-0.05, 0) is 30.4 Å². The highest BCUT2D eigenvalue weighted by molar-refractivity contribution is 9.10. The molecule has 0 heterocycles. The lowest BCUT2D eigenvalue weighted by Gasteiger charge is -2.20. The lowest BCUT2D eigenvalue weighted by atomic mass is 10.1. The Morgan fingerprint density at radius 1 is 1.24 bits per heavy atom. The van der Waals surface area contributed by atoms with Gasteiger partial charge in [-0.2, -0.15) is 0 Å². The smallest absolute Gasteiger partial charge is 0.0961 e. The average Bonchev–Trinajstić information content (AvgIpc) is 3.26. The summed E-state index contributed by atoms with van der Waals surface area (Å²) in [5.74, 6) is 0.570. The Balaban J connectivity index is 1.81. The minimum absolute atomic E-state index is 0.0730. The molecule has 0 aliphatic heterocycles. The summed E-state index contributed by atoms with van der Waals surface area (Å²) in [4.78, 5) is 0. The van der Waals surface area contributed by atoms with Crippen LogP contribution in [0.1, 0.15) is 38.4 Å². The van der Waals surface area contributed by atoms with Crippen LogP contribution in [0.3, 0.4) is 0 Å². The van der Waals surface area contributed by atoms with Crippen molar-refractivity contribution in [3.05, 3.63) is 34.3 Å². The standard InChI is InChI=1S/C17H26BrNO2/c1-13(2)12-20-9-10-21-17(11-19-14-7-8-14)15-5-3-4-6-16(15)18/h3-6,13-14,17,19H,7-12H2,1-2H3. The summed E-state index contributed by atoms with van der Waals surface area (Å²) in [7, 11) is 0. The first-order valence-corrected chi connectivity index (χ1v) is 8.63. The van der Waals surface area contributed by atoms with E-state index < -0.39 is 0 Å². The zero-order chi connectivity index (χ0) is 15.1. The van der Waals surface area contributed by atoms with Crippen LogP contribution in [0.4, 0.5) is 0 Å². The SMILES string of the molecule is CC(C)COCCOC(CNC1CC1)c1ccccc1Br. The molecule has 1 N–H and O–H groups in total. The number of halogens is 1. The zero-order valence-corrected chi connectivity index (χ0v) is 14.6. The lowest BCUT2D eigenvalue weighted by Crippen LogP contribution is -2.26. The van der Waals surface area contributed by atoms with Crippen LogP contribution >= 0.6 is 15.9 Å². The van der Waals surface area contributed by atoms with Gasteiger partial charge in [-0.25, -0.2) is 0 Å². The van der Waals surface area contributed by atoms with Crippen molar-refractivity contribution in [3.63, 3.8) is 0 Å². The first kappa shape index (κ1) is 16.9. The van der Waals surface area contributed by atoms with E-state index in [1.165, 1.54) is 18.4 Å². The van der Waals surface area contributed by atoms with Crippen molar-refractivity contribution in [2.75, 3.05) is 26.4 Å². The van der Waals surface area contributed by atoms with Gasteiger partial charge in [0.15, 0.2) is 0 Å². The summed E-state index contributed by atoms with van der Waals surface area (Å²) in [6.07, 6.45) is 2.66. The van der Waals surface area contributed by atoms with Crippen molar-refractivity contribution < 1.29 is 9.47 Å². The van der Waals surface area contributed by atoms with Gasteiger partial charge in [0, 0.05) is 23.7 Å². The Morgan fingerprint density at radius 2 is 2.00 bits per heavy atom. The lowest BCUT2D eigenvalue weighted by molar-refractivity contribution is -0.00169. The highest BCUT2D eigenvalue weighted by Gasteiger charge is 2.23. The van der Waals surface area contributed by atoms with Gasteiger partial charge in [-0.3, -0.25) is 0 Å². The zero-order valence-electron chi connectivity index (χ0n) is 13.0. The molecule has 4 heteroatoms. The Hall–Kier alpha value is -0.420. The summed E-state index contributed by atoms with van der Waals surface area (Å²) >= 11 is 3.62. The highest BCUT2D eigenvalue weighted by atomic mass is 79.9. The third-order valence-electron chi connectivity index (χ3n) is 3.42. The van der Waals surface area contributed by atoms with Crippen molar-refractivity contribution in [1.29, 1.82) is 0 Å². The maximum Gasteiger partial charge on any atom is 0.0961 e. The van der Waals surface area contributed by atoms with Crippen LogP contribution in [0.25, 0.3) is 0 Å². The van der Waals surface area contributed by atoms with E-state index in [2.05, 4.69) is 53.3 Å². The van der Waals surface area contributed by atoms with E-state index in [9.17, 15) is 0 Å². The topological polar surface area (TPSA) is 30.5 Å². The number of hydrogen-bond acceptors (Lipinski definition) is 3. The van der Waals surface area contributed by atoms with Crippen LogP contribution in [-0.2, 0) is 9.47 Å². The minimum atomic E-state index is 0.0730. The van der Waals surface area contributed by atoms with E-state index in [4.69, 9.17) is 9.47 Å². The summed E-state index contributed by atoms with van der Waals surface area (Å²) in [5, 5.41) is 3.55. The first-order valence-electron chi connectivity index (χ1n) is 7.84. The van der Waals surface area contributed by atoms with Gasteiger partial charge in [0.1, 0.15) is 0 Å². The molecule has 0 aromatic heterocycles. The minimum Gasteiger partial charge on any atom is -0.379 e. The Bertz CT molecular complexity index is 421. The molecule has 0 spiro atoms. The van der Waals surface area contributed by atoms with Crippen LogP contribution < -0.4 is 5.32 Å². The molecule has 118 valence electrons. The second-order valence-corrected chi connectivity index (χ2v) is 6.89. The van der Waals surface area contributed by atoms with Crippen molar-refractivity contribution in [2.45, 2.75) is 38.8 Å². The molecule has 0 bridgehead atoms. The van der Waals surface area contributed by atoms with Gasteiger partial charge < -0.3 is 14.8 Å². The molecule has 1 aliphatic rings. The fraction of sp³-hybridized carbons (Fsp3) is 0.647. The van der Waals surface area contributed by atoms with E-state index in [0.29, 0.717) is 25.2 Å². The van der Waals surface area contributed by atoms with Gasteiger partial charge in [0.05, 0.1) is 19.3 Å². The maximum absolute atomic E-state index is 6.05. The van der Waals surface area contributed by atoms with E-state index in [-0.39, 0.29) is 6.10 Å². The normalized spacial score (nSPS) is 16.4. The third-order valence-corrected chi connectivity index (χ3v) is 4.14. The summed E-state index contributed by atoms with van der Waals surface area (Å²) in [5.41, 5.74) is 1.20. The van der Waals surface area contributed by atoms with Crippen LogP contribution in [0, 0.1) is 5.92 Å². The van der Waals surface area contributed by atoms with E-state index in [1.54, 1.807) is 0 Å². The second-order valence-electron chi connectivity index (χ2n) is 6.03. The maximum atomic E-state index is 6.05. The second kappa shape index (κ2) is 8.89. The van der Waals surface area contributed by atoms with E-state index >= 15 is 0 Å². The van der Waals surface area contributed by atoms with Crippen LogP contribution in [-0.4, -0.2) is 32.4 Å². The van der Waals surface area contributed by atoms with Crippen molar-refractivity contribution >= 4 is 15.9 Å². The molecule has 0 saturated heterocycles. The fourth-order valence-corrected chi connectivity index (χ4v) is 2.66. The predicted molar refractivity (Wildman–Crippen MR) is 89.5 cm³/mol. The third kappa shape index (κ3) is 6.47. The fourth-order valence-electron chi connectivity index (χ4n) is 2.12. The first-order chi connectivity index (χ1) is 10.2. The van der Waals surface area contributed by atoms with Gasteiger partial charge in [-0.15, -0.1) is 0 Å². The largest absolute Gasteiger partial charge is 0.379 e. The molecule has 1 aliphatic carbocycles. The van der Waals surface area contributed by atoms with E-state index in [1.807, 2.05) is 6.07 Å². The summed E-state index contributed by atoms with van der Waals surface area (Å²) in [6, 6.07) is 8.97. The van der Waals surface area contributed by atoms with E-state index in [0.717, 1.165) is 17.6 Å². The van der Waals surface area contributed by atoms with Crippen molar-refractivity contribution in [2.24, 2.45) is 5.92 Å². The quantitative estimate of drug-likeness (QED) is 0.645. The molecule has 3 nitrogen and oxygen atoms in total. The molecule has 1 atom stereocenters. The molecule has 1 aromatic carbocycles. The van der Waals surface area contributed by atoms with Crippen LogP contribution in [0.15, 0.2) is 28.7 Å². The summed E-state index contributed by atoms with van der Waals surface area (Å²) < 4.78 is 12.8. The Labute approximate surface area is 136 Å². The molecule has 2 rings (SSSR count). The van der Waals surface area contributed by atoms with Crippen molar-refractivity contribution in [3.8, 4) is 0 Å². The molecular formula is C17H26BrNO2. The van der Waals surface area contributed by atoms with Gasteiger partial charge in [-0.1, -0.05) is 48.0 Å². The Morgan fingerprint density at radius 3 is 2.67 bits per heavy atom. The van der Waals surface area contributed by atoms with Crippen LogP contribution in [0.2, 0.25) is 0 Å². The average molecular weight is 356 g/mol. The molecule has 1 aromatic rings. The molecule has 1 saturated carbocycles. The molecule has 1 fully saturated rings.